The van der Waals surface area contributed by atoms with Crippen molar-refractivity contribution in [2.24, 2.45) is 0 Å². The van der Waals surface area contributed by atoms with Crippen LogP contribution in [0.2, 0.25) is 0 Å². The molecule has 3 rings (SSSR count). The lowest BCUT2D eigenvalue weighted by Crippen LogP contribution is -2.37. The van der Waals surface area contributed by atoms with Crippen LogP contribution in [0.4, 0.5) is 0 Å². The van der Waals surface area contributed by atoms with E-state index in [1.54, 1.807) is 11.3 Å². The molecule has 0 amide bonds. The Bertz CT molecular complexity index is 366. The van der Waals surface area contributed by atoms with Gasteiger partial charge in [0.25, 0.3) is 0 Å². The van der Waals surface area contributed by atoms with Gasteiger partial charge < -0.3 is 10.1 Å². The smallest absolute Gasteiger partial charge is 0.0926 e. The van der Waals surface area contributed by atoms with Crippen LogP contribution in [0.3, 0.4) is 0 Å². The second-order valence-electron chi connectivity index (χ2n) is 4.68. The number of thiazole rings is 1. The van der Waals surface area contributed by atoms with E-state index in [9.17, 15) is 0 Å². The first-order valence-corrected chi connectivity index (χ1v) is 7.05. The van der Waals surface area contributed by atoms with Gasteiger partial charge in [0.05, 0.1) is 22.9 Å². The van der Waals surface area contributed by atoms with E-state index in [0.717, 1.165) is 13.0 Å². The second kappa shape index (κ2) is 4.43. The summed E-state index contributed by atoms with van der Waals surface area (Å²) in [5, 5.41) is 6.99. The third-order valence-electron chi connectivity index (χ3n) is 3.55. The molecule has 2 saturated heterocycles. The Hall–Kier alpha value is -0.450. The number of ether oxygens (including phenoxy) is 1. The number of aryl methyl sites for hydroxylation is 1. The number of hydrogen-bond acceptors (Lipinski definition) is 4. The third kappa shape index (κ3) is 2.01. The number of aromatic nitrogens is 1. The van der Waals surface area contributed by atoms with Gasteiger partial charge in [-0.3, -0.25) is 0 Å². The van der Waals surface area contributed by atoms with Gasteiger partial charge in [0.1, 0.15) is 0 Å². The Morgan fingerprint density at radius 2 is 2.50 bits per heavy atom. The number of rotatable bonds is 4. The van der Waals surface area contributed by atoms with E-state index >= 15 is 0 Å². The van der Waals surface area contributed by atoms with E-state index in [1.807, 2.05) is 0 Å². The van der Waals surface area contributed by atoms with Crippen molar-refractivity contribution in [2.45, 2.75) is 57.4 Å². The van der Waals surface area contributed by atoms with Crippen LogP contribution in [0.15, 0.2) is 5.38 Å². The van der Waals surface area contributed by atoms with Crippen LogP contribution < -0.4 is 5.32 Å². The van der Waals surface area contributed by atoms with E-state index in [4.69, 9.17) is 4.74 Å². The fourth-order valence-corrected chi connectivity index (χ4v) is 3.43. The molecule has 88 valence electrons. The van der Waals surface area contributed by atoms with E-state index in [0.29, 0.717) is 18.2 Å². The lowest BCUT2D eigenvalue weighted by molar-refractivity contribution is 0.0972. The monoisotopic (exact) mass is 238 g/mol. The quantitative estimate of drug-likeness (QED) is 0.872. The minimum absolute atomic E-state index is 0.467. The Balaban J connectivity index is 1.53. The predicted octanol–water partition coefficient (Wildman–Crippen LogP) is 2.12. The molecule has 2 bridgehead atoms. The Morgan fingerprint density at radius 1 is 1.56 bits per heavy atom. The highest BCUT2D eigenvalue weighted by molar-refractivity contribution is 7.09. The van der Waals surface area contributed by atoms with Crippen LogP contribution in [-0.2, 0) is 17.7 Å². The molecule has 0 saturated carbocycles. The molecule has 4 heteroatoms. The molecule has 2 aliphatic heterocycles. The number of fused-ring (bicyclic) bond motifs is 2. The molecule has 3 nitrogen and oxygen atoms in total. The molecule has 3 unspecified atom stereocenters. The highest BCUT2D eigenvalue weighted by Gasteiger charge is 2.40. The lowest BCUT2D eigenvalue weighted by atomic mass is 9.95. The first kappa shape index (κ1) is 10.7. The molecular formula is C12H18N2OS. The summed E-state index contributed by atoms with van der Waals surface area (Å²) < 4.78 is 5.82. The van der Waals surface area contributed by atoms with Gasteiger partial charge in [-0.25, -0.2) is 4.98 Å². The molecule has 0 aliphatic carbocycles. The first-order valence-electron chi connectivity index (χ1n) is 6.17. The molecule has 3 atom stereocenters. The average Bonchev–Trinajstić information content (AvgIpc) is 3.02. The Labute approximate surface area is 100 Å². The summed E-state index contributed by atoms with van der Waals surface area (Å²) in [6.07, 6.45) is 5.73. The van der Waals surface area contributed by atoms with Crippen LogP contribution in [0, 0.1) is 0 Å². The predicted molar refractivity (Wildman–Crippen MR) is 64.6 cm³/mol. The Kier molecular flexibility index (Phi) is 2.96. The number of nitrogens with zero attached hydrogens (tertiary/aromatic N) is 1. The highest BCUT2D eigenvalue weighted by Crippen LogP contribution is 2.34. The lowest BCUT2D eigenvalue weighted by Gasteiger charge is -2.19. The second-order valence-corrected chi connectivity index (χ2v) is 5.63. The molecule has 3 heterocycles. The zero-order valence-corrected chi connectivity index (χ0v) is 10.4. The SMILES string of the molecule is CCc1nc(CNC2CC3CCC2O3)cs1. The number of nitrogens with one attached hydrogen (secondary N) is 1. The van der Waals surface area contributed by atoms with Crippen LogP contribution in [0.1, 0.15) is 36.9 Å². The van der Waals surface area contributed by atoms with Gasteiger partial charge in [0.2, 0.25) is 0 Å². The molecule has 1 N–H and O–H groups in total. The molecule has 0 spiro atoms. The minimum Gasteiger partial charge on any atom is -0.373 e. The zero-order chi connectivity index (χ0) is 11.0. The van der Waals surface area contributed by atoms with Gasteiger partial charge in [0.15, 0.2) is 0 Å². The summed E-state index contributed by atoms with van der Waals surface area (Å²) in [5.74, 6) is 0. The van der Waals surface area contributed by atoms with Crippen molar-refractivity contribution in [3.8, 4) is 0 Å². The van der Waals surface area contributed by atoms with E-state index < -0.39 is 0 Å². The van der Waals surface area contributed by atoms with Crippen molar-refractivity contribution < 1.29 is 4.74 Å². The van der Waals surface area contributed by atoms with Crippen molar-refractivity contribution in [1.82, 2.24) is 10.3 Å². The highest BCUT2D eigenvalue weighted by atomic mass is 32.1. The standard InChI is InChI=1S/C12H18N2OS/c1-2-12-14-8(7-16-12)6-13-10-5-9-3-4-11(10)15-9/h7,9-11,13H,2-6H2,1H3. The van der Waals surface area contributed by atoms with Crippen molar-refractivity contribution >= 4 is 11.3 Å². The van der Waals surface area contributed by atoms with Gasteiger partial charge in [-0.2, -0.15) is 0 Å². The van der Waals surface area contributed by atoms with Gasteiger partial charge in [-0.1, -0.05) is 6.92 Å². The van der Waals surface area contributed by atoms with Crippen LogP contribution >= 0.6 is 11.3 Å². The maximum Gasteiger partial charge on any atom is 0.0926 e. The van der Waals surface area contributed by atoms with Crippen LogP contribution in [-0.4, -0.2) is 23.2 Å². The molecule has 0 radical (unpaired) electrons. The van der Waals surface area contributed by atoms with Gasteiger partial charge in [-0.05, 0) is 25.7 Å². The van der Waals surface area contributed by atoms with Crippen molar-refractivity contribution in [3.63, 3.8) is 0 Å². The molecule has 1 aromatic rings. The zero-order valence-electron chi connectivity index (χ0n) is 9.61. The van der Waals surface area contributed by atoms with E-state index in [1.165, 1.54) is 30.0 Å². The average molecular weight is 238 g/mol. The fourth-order valence-electron chi connectivity index (χ4n) is 2.68. The maximum atomic E-state index is 5.82. The summed E-state index contributed by atoms with van der Waals surface area (Å²) >= 11 is 1.76. The van der Waals surface area contributed by atoms with E-state index in [-0.39, 0.29) is 0 Å². The van der Waals surface area contributed by atoms with Gasteiger partial charge in [-0.15, -0.1) is 11.3 Å². The van der Waals surface area contributed by atoms with Gasteiger partial charge >= 0.3 is 0 Å². The molecule has 1 aromatic heterocycles. The first-order chi connectivity index (χ1) is 7.85. The van der Waals surface area contributed by atoms with E-state index in [2.05, 4.69) is 22.6 Å². The third-order valence-corrected chi connectivity index (χ3v) is 4.60. The molecular weight excluding hydrogens is 220 g/mol. The Morgan fingerprint density at radius 3 is 3.12 bits per heavy atom. The summed E-state index contributed by atoms with van der Waals surface area (Å²) in [7, 11) is 0. The summed E-state index contributed by atoms with van der Waals surface area (Å²) in [6.45, 7) is 3.05. The number of hydrogen-bond donors (Lipinski definition) is 1. The van der Waals surface area contributed by atoms with Crippen molar-refractivity contribution in [1.29, 1.82) is 0 Å². The minimum atomic E-state index is 0.467. The summed E-state index contributed by atoms with van der Waals surface area (Å²) in [5.41, 5.74) is 1.18. The fraction of sp³-hybridized carbons (Fsp3) is 0.750. The van der Waals surface area contributed by atoms with Crippen LogP contribution in [0.5, 0.6) is 0 Å². The van der Waals surface area contributed by atoms with Crippen LogP contribution in [0.25, 0.3) is 0 Å². The van der Waals surface area contributed by atoms with Gasteiger partial charge in [0, 0.05) is 18.0 Å². The molecule has 2 fully saturated rings. The summed E-state index contributed by atoms with van der Waals surface area (Å²) in [6, 6.07) is 0.561. The molecule has 0 aromatic carbocycles. The normalized spacial score (nSPS) is 32.4. The summed E-state index contributed by atoms with van der Waals surface area (Å²) in [4.78, 5) is 4.57. The van der Waals surface area contributed by atoms with Crippen molar-refractivity contribution in [2.75, 3.05) is 0 Å². The molecule has 16 heavy (non-hydrogen) atoms. The largest absolute Gasteiger partial charge is 0.373 e. The van der Waals surface area contributed by atoms with Crippen molar-refractivity contribution in [3.05, 3.63) is 16.1 Å². The topological polar surface area (TPSA) is 34.2 Å². The molecule has 2 aliphatic rings. The maximum absolute atomic E-state index is 5.82.